The molecule has 0 spiro atoms. The van der Waals surface area contributed by atoms with Gasteiger partial charge in [-0.2, -0.15) is 0 Å². The first-order chi connectivity index (χ1) is 8.15. The lowest BCUT2D eigenvalue weighted by Crippen LogP contribution is -2.27. The second-order valence-electron chi connectivity index (χ2n) is 4.86. The molecule has 1 fully saturated rings. The lowest BCUT2D eigenvalue weighted by Gasteiger charge is -2.18. The van der Waals surface area contributed by atoms with Gasteiger partial charge in [-0.25, -0.2) is 0 Å². The van der Waals surface area contributed by atoms with E-state index in [1.165, 1.54) is 11.1 Å². The van der Waals surface area contributed by atoms with Crippen LogP contribution in [0.25, 0.3) is 0 Å². The van der Waals surface area contributed by atoms with Gasteiger partial charge in [-0.15, -0.1) is 0 Å². The van der Waals surface area contributed by atoms with Crippen molar-refractivity contribution in [2.24, 2.45) is 0 Å². The highest BCUT2D eigenvalue weighted by atomic mass is 16.1. The molecular weight excluding hydrogens is 212 g/mol. The molecule has 2 N–H and O–H groups in total. The molecule has 0 bridgehead atoms. The Balaban J connectivity index is 2.08. The summed E-state index contributed by atoms with van der Waals surface area (Å²) in [6.45, 7) is 4.99. The summed E-state index contributed by atoms with van der Waals surface area (Å²) in [5, 5.41) is 6.41. The summed E-state index contributed by atoms with van der Waals surface area (Å²) in [6.07, 6.45) is 2.67. The average Bonchev–Trinajstić information content (AvgIpc) is 2.48. The average molecular weight is 232 g/mol. The molecule has 1 aromatic rings. The van der Waals surface area contributed by atoms with E-state index in [0.717, 1.165) is 25.1 Å². The summed E-state index contributed by atoms with van der Waals surface area (Å²) in [7, 11) is 0. The van der Waals surface area contributed by atoms with E-state index in [9.17, 15) is 4.79 Å². The summed E-state index contributed by atoms with van der Waals surface area (Å²) in [4.78, 5) is 11.5. The summed E-state index contributed by atoms with van der Waals surface area (Å²) in [6, 6.07) is 6.64. The highest BCUT2D eigenvalue weighted by Gasteiger charge is 2.17. The summed E-state index contributed by atoms with van der Waals surface area (Å²) in [5.41, 5.74) is 3.64. The van der Waals surface area contributed by atoms with Crippen LogP contribution in [0, 0.1) is 13.8 Å². The molecule has 3 heteroatoms. The molecule has 1 atom stereocenters. The Morgan fingerprint density at radius 1 is 1.35 bits per heavy atom. The maximum absolute atomic E-state index is 11.5. The predicted molar refractivity (Wildman–Crippen MR) is 70.2 cm³/mol. The van der Waals surface area contributed by atoms with E-state index in [1.807, 2.05) is 0 Å². The number of amides is 1. The normalized spacial score (nSPS) is 20.6. The number of rotatable bonds is 2. The van der Waals surface area contributed by atoms with Gasteiger partial charge in [0.05, 0.1) is 0 Å². The van der Waals surface area contributed by atoms with Gasteiger partial charge >= 0.3 is 0 Å². The third-order valence-corrected chi connectivity index (χ3v) is 3.24. The highest BCUT2D eigenvalue weighted by Crippen LogP contribution is 2.20. The summed E-state index contributed by atoms with van der Waals surface area (Å²) >= 11 is 0. The first-order valence-electron chi connectivity index (χ1n) is 6.25. The van der Waals surface area contributed by atoms with Crippen molar-refractivity contribution in [3.05, 3.63) is 29.3 Å². The second kappa shape index (κ2) is 5.21. The van der Waals surface area contributed by atoms with Gasteiger partial charge < -0.3 is 10.6 Å². The van der Waals surface area contributed by atoms with Crippen LogP contribution in [0.1, 0.15) is 30.4 Å². The maximum Gasteiger partial charge on any atom is 0.222 e. The molecule has 0 radical (unpaired) electrons. The van der Waals surface area contributed by atoms with E-state index in [2.05, 4.69) is 42.7 Å². The fourth-order valence-electron chi connectivity index (χ4n) is 2.21. The maximum atomic E-state index is 11.5. The Bertz CT molecular complexity index is 415. The van der Waals surface area contributed by atoms with Gasteiger partial charge in [0.25, 0.3) is 0 Å². The molecule has 1 saturated heterocycles. The monoisotopic (exact) mass is 232 g/mol. The van der Waals surface area contributed by atoms with E-state index >= 15 is 0 Å². The summed E-state index contributed by atoms with van der Waals surface area (Å²) < 4.78 is 0. The van der Waals surface area contributed by atoms with Crippen molar-refractivity contribution in [1.29, 1.82) is 0 Å². The minimum absolute atomic E-state index is 0.158. The van der Waals surface area contributed by atoms with E-state index < -0.39 is 0 Å². The Hall–Kier alpha value is -1.51. The molecule has 3 nitrogen and oxygen atoms in total. The van der Waals surface area contributed by atoms with Crippen LogP contribution in [0.5, 0.6) is 0 Å². The highest BCUT2D eigenvalue weighted by molar-refractivity contribution is 5.77. The molecule has 1 heterocycles. The topological polar surface area (TPSA) is 41.1 Å². The van der Waals surface area contributed by atoms with Crippen LogP contribution < -0.4 is 10.6 Å². The van der Waals surface area contributed by atoms with Gasteiger partial charge in [-0.1, -0.05) is 12.1 Å². The van der Waals surface area contributed by atoms with Crippen molar-refractivity contribution in [3.63, 3.8) is 0 Å². The smallest absolute Gasteiger partial charge is 0.222 e. The van der Waals surface area contributed by atoms with E-state index in [4.69, 9.17) is 0 Å². The molecule has 0 aromatic heterocycles. The van der Waals surface area contributed by atoms with Crippen molar-refractivity contribution in [2.45, 2.75) is 39.2 Å². The zero-order valence-corrected chi connectivity index (χ0v) is 10.5. The number of anilines is 1. The van der Waals surface area contributed by atoms with Crippen LogP contribution in [0.2, 0.25) is 0 Å². The van der Waals surface area contributed by atoms with Gasteiger partial charge in [-0.3, -0.25) is 4.79 Å². The van der Waals surface area contributed by atoms with Gasteiger partial charge in [0, 0.05) is 24.7 Å². The van der Waals surface area contributed by atoms with Gasteiger partial charge in [-0.05, 0) is 43.9 Å². The molecule has 92 valence electrons. The number of hydrogen-bond acceptors (Lipinski definition) is 2. The molecule has 0 aliphatic carbocycles. The lowest BCUT2D eigenvalue weighted by atomic mass is 10.1. The van der Waals surface area contributed by atoms with Crippen molar-refractivity contribution < 1.29 is 4.79 Å². The van der Waals surface area contributed by atoms with Crippen LogP contribution in [-0.2, 0) is 4.79 Å². The van der Waals surface area contributed by atoms with Crippen LogP contribution in [0.3, 0.4) is 0 Å². The van der Waals surface area contributed by atoms with Crippen LogP contribution in [0.4, 0.5) is 5.69 Å². The van der Waals surface area contributed by atoms with Crippen LogP contribution in [0.15, 0.2) is 18.2 Å². The Labute approximate surface area is 103 Å². The van der Waals surface area contributed by atoms with Crippen molar-refractivity contribution in [1.82, 2.24) is 5.32 Å². The SMILES string of the molecule is Cc1ccc(C)c(NC2CCCNC(=O)C2)c1. The number of carbonyl (C=O) groups is 1. The molecular formula is C14H20N2O. The number of nitrogens with one attached hydrogen (secondary N) is 2. The standard InChI is InChI=1S/C14H20N2O/c1-10-5-6-11(2)13(8-10)16-12-4-3-7-15-14(17)9-12/h5-6,8,12,16H,3-4,7,9H2,1-2H3,(H,15,17). The van der Waals surface area contributed by atoms with Crippen LogP contribution in [-0.4, -0.2) is 18.5 Å². The molecule has 1 aliphatic rings. The first-order valence-corrected chi connectivity index (χ1v) is 6.25. The molecule has 2 rings (SSSR count). The number of aryl methyl sites for hydroxylation is 2. The molecule has 0 saturated carbocycles. The molecule has 1 unspecified atom stereocenters. The van der Waals surface area contributed by atoms with Gasteiger partial charge in [0.15, 0.2) is 0 Å². The lowest BCUT2D eigenvalue weighted by molar-refractivity contribution is -0.120. The minimum Gasteiger partial charge on any atom is -0.382 e. The second-order valence-corrected chi connectivity index (χ2v) is 4.86. The fraction of sp³-hybridized carbons (Fsp3) is 0.500. The van der Waals surface area contributed by atoms with Crippen molar-refractivity contribution >= 4 is 11.6 Å². The third kappa shape index (κ3) is 3.22. The van der Waals surface area contributed by atoms with Crippen molar-refractivity contribution in [2.75, 3.05) is 11.9 Å². The number of carbonyl (C=O) groups excluding carboxylic acids is 1. The minimum atomic E-state index is 0.158. The Morgan fingerprint density at radius 2 is 2.18 bits per heavy atom. The third-order valence-electron chi connectivity index (χ3n) is 3.24. The largest absolute Gasteiger partial charge is 0.382 e. The quantitative estimate of drug-likeness (QED) is 0.822. The zero-order chi connectivity index (χ0) is 12.3. The molecule has 17 heavy (non-hydrogen) atoms. The fourth-order valence-corrected chi connectivity index (χ4v) is 2.21. The van der Waals surface area contributed by atoms with E-state index in [0.29, 0.717) is 6.42 Å². The molecule has 1 aromatic carbocycles. The predicted octanol–water partition coefficient (Wildman–Crippen LogP) is 2.38. The number of hydrogen-bond donors (Lipinski definition) is 2. The first kappa shape index (κ1) is 12.0. The van der Waals surface area contributed by atoms with E-state index in [-0.39, 0.29) is 11.9 Å². The van der Waals surface area contributed by atoms with Crippen LogP contribution >= 0.6 is 0 Å². The Morgan fingerprint density at radius 3 is 3.00 bits per heavy atom. The molecule has 1 aliphatic heterocycles. The van der Waals surface area contributed by atoms with Crippen molar-refractivity contribution in [3.8, 4) is 0 Å². The number of benzene rings is 1. The van der Waals surface area contributed by atoms with Gasteiger partial charge in [0.2, 0.25) is 5.91 Å². The van der Waals surface area contributed by atoms with Gasteiger partial charge in [0.1, 0.15) is 0 Å². The Kier molecular flexibility index (Phi) is 3.67. The summed E-state index contributed by atoms with van der Waals surface area (Å²) in [5.74, 6) is 0.158. The zero-order valence-electron chi connectivity index (χ0n) is 10.5. The van der Waals surface area contributed by atoms with E-state index in [1.54, 1.807) is 0 Å². The molecule has 1 amide bonds.